The van der Waals surface area contributed by atoms with Crippen LogP contribution in [0.2, 0.25) is 5.02 Å². The van der Waals surface area contributed by atoms with Crippen LogP contribution in [0.3, 0.4) is 0 Å². The molecule has 1 fully saturated rings. The molecule has 4 rings (SSSR count). The fraction of sp³-hybridized carbons (Fsp3) is 0.348. The maximum Gasteiger partial charge on any atom is 0.302 e. The lowest BCUT2D eigenvalue weighted by molar-refractivity contribution is -0.142. The number of amides is 1. The summed E-state index contributed by atoms with van der Waals surface area (Å²) in [6.45, 7) is 5.67. The van der Waals surface area contributed by atoms with Crippen LogP contribution in [0, 0.1) is 12.7 Å². The van der Waals surface area contributed by atoms with Crippen LogP contribution in [-0.2, 0) is 20.9 Å². The first-order chi connectivity index (χ1) is 16.2. The van der Waals surface area contributed by atoms with Crippen molar-refractivity contribution in [2.45, 2.75) is 45.8 Å². The lowest BCUT2D eigenvalue weighted by Crippen LogP contribution is -2.37. The van der Waals surface area contributed by atoms with Gasteiger partial charge in [0.1, 0.15) is 29.4 Å². The summed E-state index contributed by atoms with van der Waals surface area (Å²) in [6.07, 6.45) is 0.0394. The van der Waals surface area contributed by atoms with E-state index >= 15 is 0 Å². The van der Waals surface area contributed by atoms with Gasteiger partial charge in [0.2, 0.25) is 0 Å². The van der Waals surface area contributed by atoms with Crippen LogP contribution < -0.4 is 10.6 Å². The molecule has 0 saturated carbocycles. The molecule has 0 spiro atoms. The zero-order valence-corrected chi connectivity index (χ0v) is 20.3. The van der Waals surface area contributed by atoms with E-state index in [2.05, 4.69) is 20.6 Å². The van der Waals surface area contributed by atoms with Gasteiger partial charge in [0.15, 0.2) is 0 Å². The second-order valence-corrected chi connectivity index (χ2v) is 9.47. The number of hydrogen-bond donors (Lipinski definition) is 3. The van der Waals surface area contributed by atoms with E-state index < -0.39 is 11.9 Å². The number of carbonyl (C=O) groups excluding carboxylic acids is 2. The van der Waals surface area contributed by atoms with Gasteiger partial charge >= 0.3 is 5.97 Å². The number of epoxide rings is 1. The predicted octanol–water partition coefficient (Wildman–Crippen LogP) is 4.11. The van der Waals surface area contributed by atoms with Crippen molar-refractivity contribution in [2.24, 2.45) is 0 Å². The number of benzene rings is 1. The van der Waals surface area contributed by atoms with Crippen molar-refractivity contribution in [2.75, 3.05) is 6.54 Å². The molecule has 11 heteroatoms. The first kappa shape index (κ1) is 24.3. The molecule has 1 saturated heterocycles. The summed E-state index contributed by atoms with van der Waals surface area (Å²) in [5.41, 5.74) is 2.22. The third kappa shape index (κ3) is 5.82. The van der Waals surface area contributed by atoms with E-state index in [0.29, 0.717) is 28.5 Å². The lowest BCUT2D eigenvalue weighted by atomic mass is 10.1. The first-order valence-corrected chi connectivity index (χ1v) is 11.8. The van der Waals surface area contributed by atoms with Crippen molar-refractivity contribution >= 4 is 34.8 Å². The molecule has 0 bridgehead atoms. The molecule has 1 amide bonds. The third-order valence-corrected chi connectivity index (χ3v) is 6.87. The van der Waals surface area contributed by atoms with Crippen molar-refractivity contribution in [3.8, 4) is 11.3 Å². The smallest absolute Gasteiger partial charge is 0.302 e. The molecule has 34 heavy (non-hydrogen) atoms. The molecule has 2 aromatic heterocycles. The van der Waals surface area contributed by atoms with E-state index in [1.165, 1.54) is 30.4 Å². The molecular weight excluding hydrogens is 483 g/mol. The quantitative estimate of drug-likeness (QED) is 0.298. The molecule has 3 N–H and O–H groups in total. The fourth-order valence-electron chi connectivity index (χ4n) is 3.33. The SMILES string of the molecule is CC(=O)OCc1sc(C(CNC2OC2C)NC(=O)c2ccc(-c3ccc(Cl)c(F)c3)[nH]2)nc1C. The monoisotopic (exact) mass is 506 g/mol. The van der Waals surface area contributed by atoms with Crippen LogP contribution in [0.25, 0.3) is 11.3 Å². The van der Waals surface area contributed by atoms with Gasteiger partial charge in [0.25, 0.3) is 5.91 Å². The number of nitrogens with zero attached hydrogens (tertiary/aromatic N) is 1. The number of aryl methyl sites for hydroxylation is 1. The second kappa shape index (κ2) is 10.2. The number of esters is 1. The first-order valence-electron chi connectivity index (χ1n) is 10.6. The average molecular weight is 507 g/mol. The van der Waals surface area contributed by atoms with E-state index in [1.807, 2.05) is 13.8 Å². The molecule has 3 atom stereocenters. The van der Waals surface area contributed by atoms with E-state index in [0.717, 1.165) is 10.6 Å². The topological polar surface area (TPSA) is 109 Å². The Morgan fingerprint density at radius 2 is 2.12 bits per heavy atom. The number of H-pyrrole nitrogens is 1. The standard InChI is InChI=1S/C23H24ClFN4O4S/c1-11-20(10-32-13(3)30)34-23(27-11)19(9-26-22-12(2)33-22)29-21(31)18-7-6-17(28-18)14-4-5-15(24)16(25)8-14/h4-8,12,19,22,26,28H,9-10H2,1-3H3,(H,29,31). The zero-order valence-electron chi connectivity index (χ0n) is 18.8. The minimum atomic E-state index is -0.536. The number of hydrogen-bond acceptors (Lipinski definition) is 7. The van der Waals surface area contributed by atoms with Gasteiger partial charge in [0, 0.05) is 24.7 Å². The summed E-state index contributed by atoms with van der Waals surface area (Å²) < 4.78 is 24.3. The van der Waals surface area contributed by atoms with Gasteiger partial charge in [0.05, 0.1) is 27.7 Å². The molecule has 8 nitrogen and oxygen atoms in total. The molecule has 1 aliphatic heterocycles. The Labute approximate surface area is 204 Å². The van der Waals surface area contributed by atoms with E-state index in [1.54, 1.807) is 18.2 Å². The van der Waals surface area contributed by atoms with Crippen molar-refractivity contribution in [3.63, 3.8) is 0 Å². The molecule has 1 aromatic carbocycles. The highest BCUT2D eigenvalue weighted by molar-refractivity contribution is 7.11. The Kier molecular flexibility index (Phi) is 7.32. The minimum absolute atomic E-state index is 0.0318. The minimum Gasteiger partial charge on any atom is -0.460 e. The molecule has 3 heterocycles. The van der Waals surface area contributed by atoms with Gasteiger partial charge in [-0.05, 0) is 38.1 Å². The van der Waals surface area contributed by atoms with Crippen molar-refractivity contribution < 1.29 is 23.5 Å². The molecule has 1 aliphatic rings. The number of carbonyl (C=O) groups is 2. The molecule has 0 aliphatic carbocycles. The second-order valence-electron chi connectivity index (χ2n) is 7.95. The Balaban J connectivity index is 1.50. The number of thiazole rings is 1. The maximum absolute atomic E-state index is 13.8. The van der Waals surface area contributed by atoms with Gasteiger partial charge in [-0.25, -0.2) is 9.37 Å². The van der Waals surface area contributed by atoms with Crippen LogP contribution in [0.1, 0.15) is 46.0 Å². The Bertz CT molecular complexity index is 1210. The summed E-state index contributed by atoms with van der Waals surface area (Å²) >= 11 is 7.14. The van der Waals surface area contributed by atoms with Crippen molar-refractivity contribution in [1.29, 1.82) is 0 Å². The average Bonchev–Trinajstić information content (AvgIpc) is 3.15. The summed E-state index contributed by atoms with van der Waals surface area (Å²) in [7, 11) is 0. The zero-order chi connectivity index (χ0) is 24.4. The largest absolute Gasteiger partial charge is 0.460 e. The number of aromatic nitrogens is 2. The summed E-state index contributed by atoms with van der Waals surface area (Å²) in [4.78, 5) is 32.6. The van der Waals surface area contributed by atoms with Crippen LogP contribution in [0.5, 0.6) is 0 Å². The van der Waals surface area contributed by atoms with Crippen LogP contribution in [0.15, 0.2) is 30.3 Å². The van der Waals surface area contributed by atoms with Crippen molar-refractivity contribution in [1.82, 2.24) is 20.6 Å². The number of aromatic amines is 1. The highest BCUT2D eigenvalue weighted by Gasteiger charge is 2.35. The van der Waals surface area contributed by atoms with E-state index in [-0.39, 0.29) is 35.8 Å². The predicted molar refractivity (Wildman–Crippen MR) is 126 cm³/mol. The summed E-state index contributed by atoms with van der Waals surface area (Å²) in [6, 6.07) is 7.34. The Morgan fingerprint density at radius 3 is 2.79 bits per heavy atom. The van der Waals surface area contributed by atoms with Crippen molar-refractivity contribution in [3.05, 3.63) is 62.4 Å². The number of halogens is 2. The summed E-state index contributed by atoms with van der Waals surface area (Å²) in [5, 5.41) is 6.97. The van der Waals surface area contributed by atoms with Gasteiger partial charge < -0.3 is 19.8 Å². The molecular formula is C23H24ClFN4O4S. The Morgan fingerprint density at radius 1 is 1.35 bits per heavy atom. The Hall–Kier alpha value is -2.79. The molecule has 0 radical (unpaired) electrons. The van der Waals surface area contributed by atoms with Gasteiger partial charge in [-0.3, -0.25) is 14.9 Å². The van der Waals surface area contributed by atoms with Crippen LogP contribution in [0.4, 0.5) is 4.39 Å². The molecule has 3 unspecified atom stereocenters. The van der Waals surface area contributed by atoms with Crippen LogP contribution in [-0.4, -0.2) is 40.7 Å². The van der Waals surface area contributed by atoms with Gasteiger partial charge in [-0.1, -0.05) is 17.7 Å². The number of ether oxygens (including phenoxy) is 2. The van der Waals surface area contributed by atoms with Gasteiger partial charge in [-0.15, -0.1) is 11.3 Å². The molecule has 3 aromatic rings. The van der Waals surface area contributed by atoms with Gasteiger partial charge in [-0.2, -0.15) is 0 Å². The van der Waals surface area contributed by atoms with Crippen LogP contribution >= 0.6 is 22.9 Å². The van der Waals surface area contributed by atoms with E-state index in [4.69, 9.17) is 21.1 Å². The maximum atomic E-state index is 13.8. The highest BCUT2D eigenvalue weighted by atomic mass is 35.5. The third-order valence-electron chi connectivity index (χ3n) is 5.31. The molecule has 180 valence electrons. The fourth-order valence-corrected chi connectivity index (χ4v) is 4.48. The number of nitrogens with one attached hydrogen (secondary N) is 3. The highest BCUT2D eigenvalue weighted by Crippen LogP contribution is 2.27. The number of rotatable bonds is 9. The summed E-state index contributed by atoms with van der Waals surface area (Å²) in [5.74, 6) is -1.25. The normalized spacial score (nSPS) is 17.9. The lowest BCUT2D eigenvalue weighted by Gasteiger charge is -2.16. The van der Waals surface area contributed by atoms with E-state index in [9.17, 15) is 14.0 Å².